The van der Waals surface area contributed by atoms with Gasteiger partial charge in [-0.2, -0.15) is 0 Å². The third kappa shape index (κ3) is 4.76. The van der Waals surface area contributed by atoms with Crippen LogP contribution in [-0.2, 0) is 11.3 Å². The van der Waals surface area contributed by atoms with Crippen LogP contribution < -0.4 is 21.9 Å². The number of nitrogens with zero attached hydrogens (tertiary/aromatic N) is 2. The molecule has 0 unspecified atom stereocenters. The standard InChI is InChI=1S/C18H22Cl2N4O4/c1-3-4-7-24-15(21)14(16(25)22-18(24)27)23(8-9-28-2)17(26)11-5-6-12(19)13(20)10-11/h5-6,10H,3-4,7-9,21H2,1-2H3,(H,22,25,27). The van der Waals surface area contributed by atoms with Crippen molar-refractivity contribution in [2.45, 2.75) is 26.3 Å². The van der Waals surface area contributed by atoms with E-state index in [4.69, 9.17) is 33.7 Å². The zero-order valence-electron chi connectivity index (χ0n) is 15.6. The van der Waals surface area contributed by atoms with E-state index in [1.165, 1.54) is 34.8 Å². The van der Waals surface area contributed by atoms with Crippen LogP contribution in [0.25, 0.3) is 0 Å². The molecule has 0 spiro atoms. The van der Waals surface area contributed by atoms with Crippen molar-refractivity contribution in [1.29, 1.82) is 0 Å². The van der Waals surface area contributed by atoms with E-state index in [2.05, 4.69) is 4.98 Å². The second-order valence-corrected chi connectivity index (χ2v) is 6.89. The van der Waals surface area contributed by atoms with E-state index in [0.717, 1.165) is 6.42 Å². The summed E-state index contributed by atoms with van der Waals surface area (Å²) in [6.45, 7) is 2.49. The van der Waals surface area contributed by atoms with Crippen LogP contribution in [0.4, 0.5) is 11.5 Å². The Hall–Kier alpha value is -2.29. The molecule has 2 aromatic rings. The largest absolute Gasteiger partial charge is 0.383 e. The monoisotopic (exact) mass is 428 g/mol. The normalized spacial score (nSPS) is 10.9. The minimum atomic E-state index is -0.750. The number of nitrogens with two attached hydrogens (primary N) is 1. The number of amides is 1. The number of aromatic nitrogens is 2. The van der Waals surface area contributed by atoms with E-state index >= 15 is 0 Å². The average molecular weight is 429 g/mol. The van der Waals surface area contributed by atoms with Gasteiger partial charge in [0.05, 0.1) is 16.7 Å². The molecule has 0 aliphatic carbocycles. The van der Waals surface area contributed by atoms with Crippen LogP contribution in [0.2, 0.25) is 10.0 Å². The lowest BCUT2D eigenvalue weighted by atomic mass is 10.2. The molecule has 0 aliphatic rings. The van der Waals surface area contributed by atoms with Crippen molar-refractivity contribution in [2.24, 2.45) is 0 Å². The summed E-state index contributed by atoms with van der Waals surface area (Å²) in [6, 6.07) is 4.39. The van der Waals surface area contributed by atoms with Crippen LogP contribution in [0.1, 0.15) is 30.1 Å². The molecule has 28 heavy (non-hydrogen) atoms. The van der Waals surface area contributed by atoms with E-state index in [-0.39, 0.29) is 35.2 Å². The topological polar surface area (TPSA) is 110 Å². The van der Waals surface area contributed by atoms with Gasteiger partial charge in [-0.05, 0) is 24.6 Å². The van der Waals surface area contributed by atoms with Crippen molar-refractivity contribution in [1.82, 2.24) is 9.55 Å². The summed E-state index contributed by atoms with van der Waals surface area (Å²) >= 11 is 11.9. The number of H-pyrrole nitrogens is 1. The number of unbranched alkanes of at least 4 members (excludes halogenated alkanes) is 1. The molecule has 1 aromatic carbocycles. The van der Waals surface area contributed by atoms with E-state index in [1.54, 1.807) is 0 Å². The van der Waals surface area contributed by atoms with Gasteiger partial charge in [0.2, 0.25) is 0 Å². The molecule has 0 fully saturated rings. The lowest BCUT2D eigenvalue weighted by Gasteiger charge is -2.24. The fourth-order valence-electron chi connectivity index (χ4n) is 2.66. The first-order valence-corrected chi connectivity index (χ1v) is 9.45. The number of benzene rings is 1. The highest BCUT2D eigenvalue weighted by Crippen LogP contribution is 2.25. The van der Waals surface area contributed by atoms with Gasteiger partial charge in [-0.1, -0.05) is 36.5 Å². The maximum atomic E-state index is 13.1. The molecular formula is C18H22Cl2N4O4. The van der Waals surface area contributed by atoms with Gasteiger partial charge in [-0.25, -0.2) is 4.79 Å². The van der Waals surface area contributed by atoms with Gasteiger partial charge in [-0.15, -0.1) is 0 Å². The second kappa shape index (κ2) is 9.77. The summed E-state index contributed by atoms with van der Waals surface area (Å²) in [5, 5.41) is 0.501. The summed E-state index contributed by atoms with van der Waals surface area (Å²) in [7, 11) is 1.47. The number of rotatable bonds is 8. The molecule has 1 aromatic heterocycles. The zero-order valence-corrected chi connectivity index (χ0v) is 17.1. The highest BCUT2D eigenvalue weighted by molar-refractivity contribution is 6.42. The number of aromatic amines is 1. The van der Waals surface area contributed by atoms with Crippen LogP contribution in [0.3, 0.4) is 0 Å². The first-order chi connectivity index (χ1) is 13.3. The Kier molecular flexibility index (Phi) is 7.68. The number of carbonyl (C=O) groups excluding carboxylic acids is 1. The Bertz CT molecular complexity index is 971. The molecule has 1 heterocycles. The van der Waals surface area contributed by atoms with E-state index in [9.17, 15) is 14.4 Å². The van der Waals surface area contributed by atoms with Gasteiger partial charge in [-0.3, -0.25) is 24.0 Å². The quantitative estimate of drug-likeness (QED) is 0.670. The zero-order chi connectivity index (χ0) is 20.8. The van der Waals surface area contributed by atoms with Crippen LogP contribution in [0.15, 0.2) is 27.8 Å². The fourth-order valence-corrected chi connectivity index (χ4v) is 2.96. The van der Waals surface area contributed by atoms with Crippen molar-refractivity contribution in [3.8, 4) is 0 Å². The van der Waals surface area contributed by atoms with Gasteiger partial charge in [0.1, 0.15) is 5.82 Å². The molecule has 0 radical (unpaired) electrons. The molecule has 8 nitrogen and oxygen atoms in total. The second-order valence-electron chi connectivity index (χ2n) is 6.08. The van der Waals surface area contributed by atoms with Crippen molar-refractivity contribution in [2.75, 3.05) is 30.9 Å². The van der Waals surface area contributed by atoms with Crippen LogP contribution in [-0.4, -0.2) is 35.7 Å². The first kappa shape index (κ1) is 22.0. The van der Waals surface area contributed by atoms with Crippen molar-refractivity contribution in [3.63, 3.8) is 0 Å². The molecule has 0 atom stereocenters. The molecule has 3 N–H and O–H groups in total. The molecule has 152 valence electrons. The summed E-state index contributed by atoms with van der Waals surface area (Å²) in [4.78, 5) is 41.2. The van der Waals surface area contributed by atoms with Gasteiger partial charge in [0.25, 0.3) is 11.5 Å². The van der Waals surface area contributed by atoms with E-state index in [0.29, 0.717) is 18.0 Å². The summed E-state index contributed by atoms with van der Waals surface area (Å²) in [5.74, 6) is -0.597. The number of ether oxygens (including phenoxy) is 1. The number of nitrogens with one attached hydrogen (secondary N) is 1. The maximum Gasteiger partial charge on any atom is 0.330 e. The van der Waals surface area contributed by atoms with Crippen LogP contribution in [0, 0.1) is 0 Å². The molecule has 2 rings (SSSR count). The summed E-state index contributed by atoms with van der Waals surface area (Å²) in [6.07, 6.45) is 1.52. The Balaban J connectivity index is 2.59. The Morgan fingerprint density at radius 1 is 1.29 bits per heavy atom. The van der Waals surface area contributed by atoms with Crippen LogP contribution in [0.5, 0.6) is 0 Å². The highest BCUT2D eigenvalue weighted by atomic mass is 35.5. The third-order valence-corrected chi connectivity index (χ3v) is 4.89. The van der Waals surface area contributed by atoms with Gasteiger partial charge in [0, 0.05) is 25.8 Å². The molecule has 0 saturated heterocycles. The maximum absolute atomic E-state index is 13.1. The lowest BCUT2D eigenvalue weighted by Crippen LogP contribution is -2.42. The lowest BCUT2D eigenvalue weighted by molar-refractivity contribution is 0.0975. The highest BCUT2D eigenvalue weighted by Gasteiger charge is 2.25. The molecule has 0 aliphatic heterocycles. The predicted molar refractivity (Wildman–Crippen MR) is 111 cm³/mol. The fraction of sp³-hybridized carbons (Fsp3) is 0.389. The minimum absolute atomic E-state index is 0.0504. The van der Waals surface area contributed by atoms with Gasteiger partial charge < -0.3 is 10.5 Å². The smallest absolute Gasteiger partial charge is 0.330 e. The minimum Gasteiger partial charge on any atom is -0.383 e. The number of halogens is 2. The van der Waals surface area contributed by atoms with Gasteiger partial charge in [0.15, 0.2) is 5.69 Å². The predicted octanol–water partition coefficient (Wildman–Crippen LogP) is 2.52. The molecule has 0 bridgehead atoms. The molecule has 1 amide bonds. The number of methoxy groups -OCH3 is 1. The Labute approximate surface area is 171 Å². The van der Waals surface area contributed by atoms with Crippen molar-refractivity contribution < 1.29 is 9.53 Å². The number of hydrogen-bond donors (Lipinski definition) is 2. The summed E-state index contributed by atoms with van der Waals surface area (Å²) < 4.78 is 6.31. The number of anilines is 2. The molecular weight excluding hydrogens is 407 g/mol. The third-order valence-electron chi connectivity index (χ3n) is 4.15. The number of hydrogen-bond acceptors (Lipinski definition) is 5. The number of carbonyl (C=O) groups is 1. The van der Waals surface area contributed by atoms with Crippen molar-refractivity contribution in [3.05, 3.63) is 54.6 Å². The van der Waals surface area contributed by atoms with Crippen LogP contribution >= 0.6 is 23.2 Å². The molecule has 0 saturated carbocycles. The average Bonchev–Trinajstić information content (AvgIpc) is 2.65. The van der Waals surface area contributed by atoms with E-state index in [1.807, 2.05) is 6.92 Å². The summed E-state index contributed by atoms with van der Waals surface area (Å²) in [5.41, 5.74) is 4.87. The first-order valence-electron chi connectivity index (χ1n) is 8.70. The van der Waals surface area contributed by atoms with Crippen molar-refractivity contribution >= 4 is 40.6 Å². The Morgan fingerprint density at radius 3 is 2.61 bits per heavy atom. The molecule has 10 heteroatoms. The Morgan fingerprint density at radius 2 is 2.00 bits per heavy atom. The SMILES string of the molecule is CCCCn1c(N)c(N(CCOC)C(=O)c2ccc(Cl)c(Cl)c2)c(=O)[nH]c1=O. The number of nitrogen functional groups attached to an aromatic ring is 1. The van der Waals surface area contributed by atoms with Gasteiger partial charge >= 0.3 is 5.69 Å². The van der Waals surface area contributed by atoms with E-state index < -0.39 is 17.2 Å².